The molecule has 0 aromatic carbocycles. The minimum Gasteiger partial charge on any atom is -0.462 e. The van der Waals surface area contributed by atoms with Crippen LogP contribution in [0.2, 0.25) is 0 Å². The van der Waals surface area contributed by atoms with E-state index in [0.717, 1.165) is 6.08 Å². The highest BCUT2D eigenvalue weighted by atomic mass is 16.6. The number of hydrogen-bond acceptors (Lipinski definition) is 5. The van der Waals surface area contributed by atoms with Gasteiger partial charge >= 0.3 is 11.9 Å². The second-order valence-corrected chi connectivity index (χ2v) is 2.25. The SMILES string of the molecule is C=CC(=O)OC(CO)COC(C)=O. The van der Waals surface area contributed by atoms with Crippen molar-refractivity contribution in [1.29, 1.82) is 0 Å². The summed E-state index contributed by atoms with van der Waals surface area (Å²) in [5.74, 6) is -1.15. The number of esters is 2. The molecular weight excluding hydrogens is 176 g/mol. The average Bonchev–Trinajstić information content (AvgIpc) is 2.11. The highest BCUT2D eigenvalue weighted by Gasteiger charge is 2.12. The minimum atomic E-state index is -0.825. The van der Waals surface area contributed by atoms with Crippen LogP contribution >= 0.6 is 0 Å². The highest BCUT2D eigenvalue weighted by molar-refractivity contribution is 5.81. The summed E-state index contributed by atoms with van der Waals surface area (Å²) in [4.78, 5) is 21.0. The number of aliphatic hydroxyl groups is 1. The van der Waals surface area contributed by atoms with E-state index in [-0.39, 0.29) is 6.61 Å². The van der Waals surface area contributed by atoms with Crippen LogP contribution in [0.4, 0.5) is 0 Å². The Morgan fingerprint density at radius 3 is 2.62 bits per heavy atom. The second-order valence-electron chi connectivity index (χ2n) is 2.25. The zero-order chi connectivity index (χ0) is 10.3. The third-order valence-electron chi connectivity index (χ3n) is 1.13. The first kappa shape index (κ1) is 11.6. The third kappa shape index (κ3) is 5.86. The van der Waals surface area contributed by atoms with Crippen molar-refractivity contribution in [3.05, 3.63) is 12.7 Å². The molecule has 0 aliphatic carbocycles. The van der Waals surface area contributed by atoms with E-state index in [0.29, 0.717) is 0 Å². The molecule has 1 atom stereocenters. The molecule has 0 aromatic heterocycles. The Bertz CT molecular complexity index is 199. The van der Waals surface area contributed by atoms with Gasteiger partial charge in [0.15, 0.2) is 6.10 Å². The van der Waals surface area contributed by atoms with Crippen molar-refractivity contribution in [2.24, 2.45) is 0 Å². The standard InChI is InChI=1S/C8H12O5/c1-3-8(11)13-7(4-9)5-12-6(2)10/h3,7,9H,1,4-5H2,2H3. The lowest BCUT2D eigenvalue weighted by Gasteiger charge is -2.13. The number of carbonyl (C=O) groups is 2. The Morgan fingerprint density at radius 1 is 1.62 bits per heavy atom. The van der Waals surface area contributed by atoms with Crippen molar-refractivity contribution in [2.45, 2.75) is 13.0 Å². The Kier molecular flexibility index (Phi) is 5.54. The van der Waals surface area contributed by atoms with Crippen molar-refractivity contribution in [3.8, 4) is 0 Å². The van der Waals surface area contributed by atoms with Gasteiger partial charge in [-0.3, -0.25) is 4.79 Å². The molecule has 1 N–H and O–H groups in total. The molecule has 13 heavy (non-hydrogen) atoms. The van der Waals surface area contributed by atoms with Crippen LogP contribution in [0.25, 0.3) is 0 Å². The van der Waals surface area contributed by atoms with E-state index in [1.165, 1.54) is 6.92 Å². The van der Waals surface area contributed by atoms with Gasteiger partial charge < -0.3 is 14.6 Å². The summed E-state index contributed by atoms with van der Waals surface area (Å²) < 4.78 is 9.14. The summed E-state index contributed by atoms with van der Waals surface area (Å²) in [7, 11) is 0. The molecular formula is C8H12O5. The van der Waals surface area contributed by atoms with E-state index in [2.05, 4.69) is 16.1 Å². The Hall–Kier alpha value is -1.36. The molecule has 5 nitrogen and oxygen atoms in total. The number of rotatable bonds is 5. The van der Waals surface area contributed by atoms with Crippen molar-refractivity contribution in [3.63, 3.8) is 0 Å². The van der Waals surface area contributed by atoms with Crippen LogP contribution in [0.1, 0.15) is 6.92 Å². The van der Waals surface area contributed by atoms with Crippen LogP contribution in [-0.4, -0.2) is 36.4 Å². The molecule has 0 aliphatic heterocycles. The van der Waals surface area contributed by atoms with Gasteiger partial charge in [-0.25, -0.2) is 4.79 Å². The van der Waals surface area contributed by atoms with Crippen LogP contribution in [0, 0.1) is 0 Å². The lowest BCUT2D eigenvalue weighted by Crippen LogP contribution is -2.27. The van der Waals surface area contributed by atoms with Crippen molar-refractivity contribution in [2.75, 3.05) is 13.2 Å². The maximum atomic E-state index is 10.6. The summed E-state index contributed by atoms with van der Waals surface area (Å²) in [5, 5.41) is 8.68. The predicted molar refractivity (Wildman–Crippen MR) is 43.8 cm³/mol. The molecule has 0 heterocycles. The van der Waals surface area contributed by atoms with Crippen molar-refractivity contribution in [1.82, 2.24) is 0 Å². The lowest BCUT2D eigenvalue weighted by atomic mass is 10.4. The number of carbonyl (C=O) groups excluding carboxylic acids is 2. The van der Waals surface area contributed by atoms with E-state index in [1.54, 1.807) is 0 Å². The molecule has 0 radical (unpaired) electrons. The van der Waals surface area contributed by atoms with Gasteiger partial charge in [0.05, 0.1) is 6.61 Å². The third-order valence-corrected chi connectivity index (χ3v) is 1.13. The van der Waals surface area contributed by atoms with Gasteiger partial charge in [-0.05, 0) is 0 Å². The fourth-order valence-electron chi connectivity index (χ4n) is 0.547. The Balaban J connectivity index is 3.81. The van der Waals surface area contributed by atoms with Crippen LogP contribution in [0.15, 0.2) is 12.7 Å². The summed E-state index contributed by atoms with van der Waals surface area (Å²) in [6, 6.07) is 0. The van der Waals surface area contributed by atoms with Crippen LogP contribution < -0.4 is 0 Å². The number of ether oxygens (including phenoxy) is 2. The number of hydrogen-bond donors (Lipinski definition) is 1. The molecule has 0 fully saturated rings. The predicted octanol–water partition coefficient (Wildman–Crippen LogP) is -0.360. The molecule has 1 unspecified atom stereocenters. The molecule has 5 heteroatoms. The van der Waals surface area contributed by atoms with Crippen molar-refractivity contribution >= 4 is 11.9 Å². The monoisotopic (exact) mass is 188 g/mol. The summed E-state index contributed by atoms with van der Waals surface area (Å²) in [6.45, 7) is 3.86. The van der Waals surface area contributed by atoms with Gasteiger partial charge in [-0.2, -0.15) is 0 Å². The number of aliphatic hydroxyl groups excluding tert-OH is 1. The van der Waals surface area contributed by atoms with E-state index in [4.69, 9.17) is 5.11 Å². The Morgan fingerprint density at radius 2 is 2.23 bits per heavy atom. The average molecular weight is 188 g/mol. The van der Waals surface area contributed by atoms with Gasteiger partial charge in [0.2, 0.25) is 0 Å². The van der Waals surface area contributed by atoms with Crippen LogP contribution in [-0.2, 0) is 19.1 Å². The van der Waals surface area contributed by atoms with Crippen LogP contribution in [0.3, 0.4) is 0 Å². The maximum absolute atomic E-state index is 10.6. The van der Waals surface area contributed by atoms with Gasteiger partial charge in [-0.1, -0.05) is 6.58 Å². The zero-order valence-corrected chi connectivity index (χ0v) is 7.36. The molecule has 74 valence electrons. The van der Waals surface area contributed by atoms with Crippen LogP contribution in [0.5, 0.6) is 0 Å². The van der Waals surface area contributed by atoms with Gasteiger partial charge in [0, 0.05) is 13.0 Å². The normalized spacial score (nSPS) is 11.5. The minimum absolute atomic E-state index is 0.147. The van der Waals surface area contributed by atoms with E-state index in [1.807, 2.05) is 0 Å². The Labute approximate surface area is 75.9 Å². The molecule has 0 aliphatic rings. The van der Waals surface area contributed by atoms with E-state index in [9.17, 15) is 9.59 Å². The fraction of sp³-hybridized carbons (Fsp3) is 0.500. The topological polar surface area (TPSA) is 72.8 Å². The molecule has 0 saturated heterocycles. The molecule has 0 rings (SSSR count). The molecule has 0 spiro atoms. The van der Waals surface area contributed by atoms with E-state index >= 15 is 0 Å². The smallest absolute Gasteiger partial charge is 0.330 e. The maximum Gasteiger partial charge on any atom is 0.330 e. The summed E-state index contributed by atoms with van der Waals surface area (Å²) in [6.07, 6.45) is 0.144. The highest BCUT2D eigenvalue weighted by Crippen LogP contribution is 1.94. The first-order valence-corrected chi connectivity index (χ1v) is 3.67. The zero-order valence-electron chi connectivity index (χ0n) is 7.36. The molecule has 0 bridgehead atoms. The van der Waals surface area contributed by atoms with Gasteiger partial charge in [0.1, 0.15) is 6.61 Å². The first-order chi connectivity index (χ1) is 6.10. The van der Waals surface area contributed by atoms with Gasteiger partial charge in [0.25, 0.3) is 0 Å². The van der Waals surface area contributed by atoms with Crippen molar-refractivity contribution < 1.29 is 24.2 Å². The quantitative estimate of drug-likeness (QED) is 0.471. The van der Waals surface area contributed by atoms with E-state index < -0.39 is 24.6 Å². The lowest BCUT2D eigenvalue weighted by molar-refractivity contribution is -0.156. The summed E-state index contributed by atoms with van der Waals surface area (Å²) in [5.41, 5.74) is 0. The molecule has 0 aromatic rings. The molecule has 0 amide bonds. The first-order valence-electron chi connectivity index (χ1n) is 3.67. The summed E-state index contributed by atoms with van der Waals surface area (Å²) >= 11 is 0. The fourth-order valence-corrected chi connectivity index (χ4v) is 0.547. The van der Waals surface area contributed by atoms with Gasteiger partial charge in [-0.15, -0.1) is 0 Å². The molecule has 0 saturated carbocycles. The second kappa shape index (κ2) is 6.19. The largest absolute Gasteiger partial charge is 0.462 e.